The summed E-state index contributed by atoms with van der Waals surface area (Å²) in [6, 6.07) is 0.0112. The van der Waals surface area contributed by atoms with Crippen molar-refractivity contribution in [3.8, 4) is 0 Å². The number of nitrogens with zero attached hydrogens (tertiary/aromatic N) is 1. The Morgan fingerprint density at radius 2 is 2.53 bits per heavy atom. The summed E-state index contributed by atoms with van der Waals surface area (Å²) in [6.45, 7) is 1.98. The minimum Gasteiger partial charge on any atom is -0.393 e. The van der Waals surface area contributed by atoms with Crippen LogP contribution in [0.1, 0.15) is 29.4 Å². The van der Waals surface area contributed by atoms with E-state index in [0.717, 1.165) is 6.42 Å². The fourth-order valence-electron chi connectivity index (χ4n) is 1.12. The number of nitrogens with two attached hydrogens (primary N) is 1. The van der Waals surface area contributed by atoms with Crippen molar-refractivity contribution >= 4 is 34.5 Å². The van der Waals surface area contributed by atoms with Crippen molar-refractivity contribution in [1.29, 1.82) is 0 Å². The SMILES string of the molecule is CCC(CC(N)=S)NC(=O)c1cncs1. The third-order valence-corrected chi connectivity index (χ3v) is 2.87. The number of nitrogens with one attached hydrogen (secondary N) is 1. The number of amides is 1. The van der Waals surface area contributed by atoms with E-state index in [-0.39, 0.29) is 11.9 Å². The van der Waals surface area contributed by atoms with Crippen molar-refractivity contribution < 1.29 is 4.79 Å². The van der Waals surface area contributed by atoms with Crippen LogP contribution >= 0.6 is 23.6 Å². The van der Waals surface area contributed by atoms with E-state index >= 15 is 0 Å². The Morgan fingerprint density at radius 1 is 1.80 bits per heavy atom. The Hall–Kier alpha value is -1.01. The molecule has 1 amide bonds. The second kappa shape index (κ2) is 5.77. The fourth-order valence-corrected chi connectivity index (χ4v) is 1.85. The van der Waals surface area contributed by atoms with E-state index < -0.39 is 0 Å². The number of thiocarbonyl (C=S) groups is 1. The van der Waals surface area contributed by atoms with Gasteiger partial charge in [0.05, 0.1) is 16.7 Å². The van der Waals surface area contributed by atoms with Crippen molar-refractivity contribution in [2.24, 2.45) is 5.73 Å². The van der Waals surface area contributed by atoms with E-state index in [1.54, 1.807) is 11.7 Å². The van der Waals surface area contributed by atoms with Gasteiger partial charge in [-0.15, -0.1) is 11.3 Å². The molecule has 0 bridgehead atoms. The molecule has 3 N–H and O–H groups in total. The van der Waals surface area contributed by atoms with Gasteiger partial charge < -0.3 is 11.1 Å². The van der Waals surface area contributed by atoms with Gasteiger partial charge in [-0.25, -0.2) is 0 Å². The average molecular weight is 243 g/mol. The Balaban J connectivity index is 2.52. The van der Waals surface area contributed by atoms with E-state index in [1.807, 2.05) is 6.92 Å². The maximum Gasteiger partial charge on any atom is 0.263 e. The second-order valence-corrected chi connectivity index (χ2v) is 4.53. The van der Waals surface area contributed by atoms with Crippen molar-refractivity contribution in [3.05, 3.63) is 16.6 Å². The second-order valence-electron chi connectivity index (χ2n) is 3.11. The molecule has 0 spiro atoms. The van der Waals surface area contributed by atoms with Crippen molar-refractivity contribution in [1.82, 2.24) is 10.3 Å². The Kier molecular flexibility index (Phi) is 4.64. The van der Waals surface area contributed by atoms with Crippen LogP contribution in [-0.4, -0.2) is 21.9 Å². The number of hydrogen-bond donors (Lipinski definition) is 2. The van der Waals surface area contributed by atoms with Crippen LogP contribution in [0.25, 0.3) is 0 Å². The van der Waals surface area contributed by atoms with Crippen molar-refractivity contribution in [3.63, 3.8) is 0 Å². The normalized spacial score (nSPS) is 12.1. The number of aromatic nitrogens is 1. The van der Waals surface area contributed by atoms with Gasteiger partial charge in [-0.1, -0.05) is 19.1 Å². The third kappa shape index (κ3) is 3.93. The van der Waals surface area contributed by atoms with Gasteiger partial charge in [-0.05, 0) is 6.42 Å². The molecule has 0 aliphatic heterocycles. The smallest absolute Gasteiger partial charge is 0.263 e. The number of hydrogen-bond acceptors (Lipinski definition) is 4. The molecule has 1 heterocycles. The number of thiazole rings is 1. The zero-order valence-corrected chi connectivity index (χ0v) is 10.0. The fraction of sp³-hybridized carbons (Fsp3) is 0.444. The van der Waals surface area contributed by atoms with Gasteiger partial charge in [0.2, 0.25) is 0 Å². The molecular weight excluding hydrogens is 230 g/mol. The molecule has 1 aromatic heterocycles. The zero-order chi connectivity index (χ0) is 11.3. The number of carbonyl (C=O) groups is 1. The van der Waals surface area contributed by atoms with Crippen LogP contribution in [0.15, 0.2) is 11.7 Å². The first-order valence-corrected chi connectivity index (χ1v) is 5.90. The Labute approximate surface area is 97.9 Å². The minimum atomic E-state index is -0.111. The molecule has 1 atom stereocenters. The molecule has 0 aromatic carbocycles. The van der Waals surface area contributed by atoms with Crippen molar-refractivity contribution in [2.75, 3.05) is 0 Å². The summed E-state index contributed by atoms with van der Waals surface area (Å²) in [5.41, 5.74) is 7.06. The summed E-state index contributed by atoms with van der Waals surface area (Å²) < 4.78 is 0. The van der Waals surface area contributed by atoms with Gasteiger partial charge in [0.25, 0.3) is 5.91 Å². The van der Waals surface area contributed by atoms with Gasteiger partial charge >= 0.3 is 0 Å². The lowest BCUT2D eigenvalue weighted by molar-refractivity contribution is 0.0941. The van der Waals surface area contributed by atoms with E-state index in [9.17, 15) is 4.79 Å². The van der Waals surface area contributed by atoms with Crippen molar-refractivity contribution in [2.45, 2.75) is 25.8 Å². The van der Waals surface area contributed by atoms with Gasteiger partial charge in [0.15, 0.2) is 0 Å². The van der Waals surface area contributed by atoms with Gasteiger partial charge in [-0.3, -0.25) is 9.78 Å². The van der Waals surface area contributed by atoms with Gasteiger partial charge in [0, 0.05) is 12.5 Å². The summed E-state index contributed by atoms with van der Waals surface area (Å²) in [5, 5.41) is 2.86. The van der Waals surface area contributed by atoms with Gasteiger partial charge in [0.1, 0.15) is 4.88 Å². The molecule has 0 saturated heterocycles. The first kappa shape index (κ1) is 12.1. The third-order valence-electron chi connectivity index (χ3n) is 1.93. The highest BCUT2D eigenvalue weighted by Gasteiger charge is 2.13. The van der Waals surface area contributed by atoms with Crippen LogP contribution in [-0.2, 0) is 0 Å². The molecule has 4 nitrogen and oxygen atoms in total. The topological polar surface area (TPSA) is 68.0 Å². The molecular formula is C9H13N3OS2. The molecule has 0 radical (unpaired) electrons. The molecule has 6 heteroatoms. The van der Waals surface area contributed by atoms with Crippen LogP contribution in [0, 0.1) is 0 Å². The summed E-state index contributed by atoms with van der Waals surface area (Å²) in [5.74, 6) is -0.111. The molecule has 0 saturated carbocycles. The standard InChI is InChI=1S/C9H13N3OS2/c1-2-6(3-8(10)14)12-9(13)7-4-11-5-15-7/h4-6H,2-3H2,1H3,(H2,10,14)(H,12,13). The first-order chi connectivity index (χ1) is 7.13. The summed E-state index contributed by atoms with van der Waals surface area (Å²) in [7, 11) is 0. The quantitative estimate of drug-likeness (QED) is 0.766. The highest BCUT2D eigenvalue weighted by Crippen LogP contribution is 2.07. The van der Waals surface area contributed by atoms with Crippen LogP contribution < -0.4 is 11.1 Å². The molecule has 0 fully saturated rings. The highest BCUT2D eigenvalue weighted by molar-refractivity contribution is 7.80. The molecule has 1 rings (SSSR count). The lowest BCUT2D eigenvalue weighted by Gasteiger charge is -2.15. The number of carbonyl (C=O) groups excluding carboxylic acids is 1. The molecule has 0 aliphatic rings. The van der Waals surface area contributed by atoms with Crippen LogP contribution in [0.5, 0.6) is 0 Å². The Morgan fingerprint density at radius 3 is 3.00 bits per heavy atom. The molecule has 0 aliphatic carbocycles. The van der Waals surface area contributed by atoms with Gasteiger partial charge in [-0.2, -0.15) is 0 Å². The molecule has 82 valence electrons. The van der Waals surface area contributed by atoms with E-state index in [2.05, 4.69) is 10.3 Å². The largest absolute Gasteiger partial charge is 0.393 e. The zero-order valence-electron chi connectivity index (χ0n) is 8.40. The predicted octanol–water partition coefficient (Wildman–Crippen LogP) is 1.33. The number of rotatable bonds is 5. The molecule has 1 aromatic rings. The lowest BCUT2D eigenvalue weighted by atomic mass is 10.1. The maximum atomic E-state index is 11.6. The van der Waals surface area contributed by atoms with Crippen LogP contribution in [0.3, 0.4) is 0 Å². The summed E-state index contributed by atoms with van der Waals surface area (Å²) in [6.07, 6.45) is 2.89. The van der Waals surface area contributed by atoms with Crippen LogP contribution in [0.2, 0.25) is 0 Å². The van der Waals surface area contributed by atoms with E-state index in [1.165, 1.54) is 11.3 Å². The lowest BCUT2D eigenvalue weighted by Crippen LogP contribution is -2.36. The first-order valence-electron chi connectivity index (χ1n) is 4.61. The minimum absolute atomic E-state index is 0.0112. The maximum absolute atomic E-state index is 11.6. The van der Waals surface area contributed by atoms with E-state index in [4.69, 9.17) is 18.0 Å². The molecule has 1 unspecified atom stereocenters. The highest BCUT2D eigenvalue weighted by atomic mass is 32.1. The summed E-state index contributed by atoms with van der Waals surface area (Å²) in [4.78, 5) is 16.5. The van der Waals surface area contributed by atoms with Crippen LogP contribution in [0.4, 0.5) is 0 Å². The Bertz CT molecular complexity index is 337. The predicted molar refractivity (Wildman–Crippen MR) is 65.1 cm³/mol. The molecule has 15 heavy (non-hydrogen) atoms. The monoisotopic (exact) mass is 243 g/mol. The van der Waals surface area contributed by atoms with E-state index in [0.29, 0.717) is 16.3 Å². The average Bonchev–Trinajstić information content (AvgIpc) is 2.68. The summed E-state index contributed by atoms with van der Waals surface area (Å²) >= 11 is 6.12.